The molecule has 1 unspecified atom stereocenters. The molecule has 2 heteroatoms. The first kappa shape index (κ1) is 12.5. The molecule has 0 rings (SSSR count). The number of rotatable bonds is 7. The van der Waals surface area contributed by atoms with Crippen molar-refractivity contribution in [3.8, 4) is 11.8 Å². The Morgan fingerprint density at radius 1 is 1.46 bits per heavy atom. The van der Waals surface area contributed by atoms with Gasteiger partial charge in [0.15, 0.2) is 0 Å². The molecule has 13 heavy (non-hydrogen) atoms. The largest absolute Gasteiger partial charge is 0.394 e. The molecule has 0 spiro atoms. The summed E-state index contributed by atoms with van der Waals surface area (Å²) >= 11 is 0. The van der Waals surface area contributed by atoms with Gasteiger partial charge in [-0.15, -0.1) is 11.8 Å². The molecule has 0 aliphatic rings. The molecule has 0 radical (unpaired) electrons. The second-order valence-electron chi connectivity index (χ2n) is 2.99. The Kier molecular flexibility index (Phi) is 9.18. The molecule has 0 aromatic rings. The molecular weight excluding hydrogens is 164 g/mol. The van der Waals surface area contributed by atoms with E-state index in [-0.39, 0.29) is 12.7 Å². The van der Waals surface area contributed by atoms with Crippen LogP contribution in [0.2, 0.25) is 0 Å². The Hall–Kier alpha value is -0.520. The fourth-order valence-electron chi connectivity index (χ4n) is 1.11. The van der Waals surface area contributed by atoms with Gasteiger partial charge in [-0.1, -0.05) is 19.8 Å². The molecular formula is C11H20O2. The van der Waals surface area contributed by atoms with Gasteiger partial charge in [0.2, 0.25) is 0 Å². The molecule has 0 amide bonds. The number of hydrogen-bond donors (Lipinski definition) is 1. The van der Waals surface area contributed by atoms with Crippen molar-refractivity contribution in [3.05, 3.63) is 0 Å². The highest BCUT2D eigenvalue weighted by Crippen LogP contribution is 2.07. The van der Waals surface area contributed by atoms with Crippen molar-refractivity contribution in [1.82, 2.24) is 0 Å². The van der Waals surface area contributed by atoms with E-state index in [1.54, 1.807) is 0 Å². The maximum absolute atomic E-state index is 8.60. The van der Waals surface area contributed by atoms with E-state index in [4.69, 9.17) is 9.84 Å². The molecule has 76 valence electrons. The number of aliphatic hydroxyl groups is 1. The molecule has 0 aliphatic carbocycles. The van der Waals surface area contributed by atoms with Crippen LogP contribution in [-0.2, 0) is 4.74 Å². The SMILES string of the molecule is CC#CCC(CCCC)OCCO. The van der Waals surface area contributed by atoms with Gasteiger partial charge in [-0.3, -0.25) is 0 Å². The summed E-state index contributed by atoms with van der Waals surface area (Å²) in [5.74, 6) is 5.87. The van der Waals surface area contributed by atoms with Gasteiger partial charge in [-0.25, -0.2) is 0 Å². The van der Waals surface area contributed by atoms with Crippen LogP contribution in [0.25, 0.3) is 0 Å². The summed E-state index contributed by atoms with van der Waals surface area (Å²) in [5.41, 5.74) is 0. The van der Waals surface area contributed by atoms with Crippen LogP contribution in [0.4, 0.5) is 0 Å². The average molecular weight is 184 g/mol. The van der Waals surface area contributed by atoms with Gasteiger partial charge in [-0.2, -0.15) is 0 Å². The van der Waals surface area contributed by atoms with Crippen LogP contribution in [0.15, 0.2) is 0 Å². The molecule has 0 heterocycles. The van der Waals surface area contributed by atoms with E-state index >= 15 is 0 Å². The second-order valence-corrected chi connectivity index (χ2v) is 2.99. The molecule has 0 saturated heterocycles. The molecule has 2 nitrogen and oxygen atoms in total. The van der Waals surface area contributed by atoms with Gasteiger partial charge in [0, 0.05) is 6.42 Å². The highest BCUT2D eigenvalue weighted by atomic mass is 16.5. The monoisotopic (exact) mass is 184 g/mol. The highest BCUT2D eigenvalue weighted by Gasteiger charge is 2.05. The Bertz CT molecular complexity index is 147. The normalized spacial score (nSPS) is 11.9. The third-order valence-electron chi connectivity index (χ3n) is 1.83. The zero-order valence-electron chi connectivity index (χ0n) is 8.68. The lowest BCUT2D eigenvalue weighted by Gasteiger charge is -2.13. The van der Waals surface area contributed by atoms with E-state index in [1.165, 1.54) is 12.8 Å². The molecule has 0 fully saturated rings. The van der Waals surface area contributed by atoms with Crippen LogP contribution < -0.4 is 0 Å². The van der Waals surface area contributed by atoms with Gasteiger partial charge in [-0.05, 0) is 13.3 Å². The highest BCUT2D eigenvalue weighted by molar-refractivity contribution is 4.96. The fourth-order valence-corrected chi connectivity index (χ4v) is 1.11. The van der Waals surface area contributed by atoms with Crippen molar-refractivity contribution in [2.75, 3.05) is 13.2 Å². The molecule has 1 atom stereocenters. The quantitative estimate of drug-likeness (QED) is 0.613. The van der Waals surface area contributed by atoms with Gasteiger partial charge in [0.1, 0.15) is 0 Å². The van der Waals surface area contributed by atoms with Crippen molar-refractivity contribution in [2.45, 2.75) is 45.6 Å². The van der Waals surface area contributed by atoms with Gasteiger partial charge in [0.05, 0.1) is 19.3 Å². The summed E-state index contributed by atoms with van der Waals surface area (Å²) in [5, 5.41) is 8.60. The Balaban J connectivity index is 3.63. The molecule has 0 saturated carbocycles. The fraction of sp³-hybridized carbons (Fsp3) is 0.818. The smallest absolute Gasteiger partial charge is 0.0701 e. The van der Waals surface area contributed by atoms with Crippen molar-refractivity contribution >= 4 is 0 Å². The number of hydrogen-bond acceptors (Lipinski definition) is 2. The van der Waals surface area contributed by atoms with Crippen LogP contribution in [0.5, 0.6) is 0 Å². The Morgan fingerprint density at radius 2 is 2.23 bits per heavy atom. The minimum Gasteiger partial charge on any atom is -0.394 e. The van der Waals surface area contributed by atoms with Crippen LogP contribution in [0, 0.1) is 11.8 Å². The number of unbranched alkanes of at least 4 members (excludes halogenated alkanes) is 1. The van der Waals surface area contributed by atoms with Crippen LogP contribution in [-0.4, -0.2) is 24.4 Å². The Labute approximate surface area is 81.3 Å². The molecule has 0 aliphatic heterocycles. The molecule has 0 aromatic heterocycles. The number of ether oxygens (including phenoxy) is 1. The minimum absolute atomic E-state index is 0.0994. The summed E-state index contributed by atoms with van der Waals surface area (Å²) in [4.78, 5) is 0. The first-order valence-electron chi connectivity index (χ1n) is 4.97. The van der Waals surface area contributed by atoms with Crippen LogP contribution in [0.1, 0.15) is 39.5 Å². The van der Waals surface area contributed by atoms with Crippen molar-refractivity contribution in [1.29, 1.82) is 0 Å². The van der Waals surface area contributed by atoms with Gasteiger partial charge < -0.3 is 9.84 Å². The molecule has 1 N–H and O–H groups in total. The summed E-state index contributed by atoms with van der Waals surface area (Å²) in [6.45, 7) is 4.53. The van der Waals surface area contributed by atoms with Gasteiger partial charge >= 0.3 is 0 Å². The van der Waals surface area contributed by atoms with E-state index in [0.29, 0.717) is 6.61 Å². The first-order valence-corrected chi connectivity index (χ1v) is 4.97. The summed E-state index contributed by atoms with van der Waals surface area (Å²) in [6, 6.07) is 0. The predicted molar refractivity (Wildman–Crippen MR) is 54.4 cm³/mol. The predicted octanol–water partition coefficient (Wildman–Crippen LogP) is 1.97. The zero-order chi connectivity index (χ0) is 9.94. The average Bonchev–Trinajstić information content (AvgIpc) is 2.17. The van der Waals surface area contributed by atoms with E-state index in [0.717, 1.165) is 12.8 Å². The maximum Gasteiger partial charge on any atom is 0.0701 e. The van der Waals surface area contributed by atoms with Crippen LogP contribution >= 0.6 is 0 Å². The van der Waals surface area contributed by atoms with Crippen molar-refractivity contribution in [3.63, 3.8) is 0 Å². The third-order valence-corrected chi connectivity index (χ3v) is 1.83. The Morgan fingerprint density at radius 3 is 2.77 bits per heavy atom. The lowest BCUT2D eigenvalue weighted by molar-refractivity contribution is 0.0259. The summed E-state index contributed by atoms with van der Waals surface area (Å²) < 4.78 is 5.44. The minimum atomic E-state index is 0.0994. The number of aliphatic hydroxyl groups excluding tert-OH is 1. The topological polar surface area (TPSA) is 29.5 Å². The zero-order valence-corrected chi connectivity index (χ0v) is 8.68. The lowest BCUT2D eigenvalue weighted by Crippen LogP contribution is -2.14. The van der Waals surface area contributed by atoms with Crippen molar-refractivity contribution < 1.29 is 9.84 Å². The summed E-state index contributed by atoms with van der Waals surface area (Å²) in [7, 11) is 0. The van der Waals surface area contributed by atoms with Crippen molar-refractivity contribution in [2.24, 2.45) is 0 Å². The molecule has 0 bridgehead atoms. The van der Waals surface area contributed by atoms with E-state index in [9.17, 15) is 0 Å². The maximum atomic E-state index is 8.60. The third kappa shape index (κ3) is 7.83. The standard InChI is InChI=1S/C11H20O2/c1-3-5-7-11(8-6-4-2)13-10-9-12/h11-12H,3,5,7-10H2,1-2H3. The van der Waals surface area contributed by atoms with Crippen LogP contribution in [0.3, 0.4) is 0 Å². The lowest BCUT2D eigenvalue weighted by atomic mass is 10.1. The van der Waals surface area contributed by atoms with E-state index < -0.39 is 0 Å². The second kappa shape index (κ2) is 9.57. The van der Waals surface area contributed by atoms with E-state index in [1.807, 2.05) is 6.92 Å². The van der Waals surface area contributed by atoms with Gasteiger partial charge in [0.25, 0.3) is 0 Å². The van der Waals surface area contributed by atoms with E-state index in [2.05, 4.69) is 18.8 Å². The first-order chi connectivity index (χ1) is 6.35. The summed E-state index contributed by atoms with van der Waals surface area (Å²) in [6.07, 6.45) is 4.39. The molecule has 0 aromatic carbocycles.